The average molecular weight is 193 g/mol. The Labute approximate surface area is 81.8 Å². The summed E-state index contributed by atoms with van der Waals surface area (Å²) < 4.78 is 15.0. The van der Waals surface area contributed by atoms with Crippen molar-refractivity contribution in [2.75, 3.05) is 14.1 Å². The molecule has 0 saturated carbocycles. The van der Waals surface area contributed by atoms with Crippen LogP contribution < -0.4 is 0 Å². The third-order valence-electron chi connectivity index (χ3n) is 2.04. The number of imidazole rings is 1. The quantitative estimate of drug-likeness (QED) is 0.721. The zero-order valence-electron chi connectivity index (χ0n) is 8.24. The summed E-state index contributed by atoms with van der Waals surface area (Å²) in [5.74, 6) is -0.280. The predicted molar refractivity (Wildman–Crippen MR) is 52.5 cm³/mol. The molecule has 0 atom stereocenters. The van der Waals surface area contributed by atoms with Gasteiger partial charge < -0.3 is 9.30 Å². The highest BCUT2D eigenvalue weighted by Gasteiger charge is 2.06. The fourth-order valence-electron chi connectivity index (χ4n) is 1.47. The van der Waals surface area contributed by atoms with Crippen molar-refractivity contribution >= 4 is 5.65 Å². The summed E-state index contributed by atoms with van der Waals surface area (Å²) >= 11 is 0. The molecule has 0 aliphatic rings. The van der Waals surface area contributed by atoms with Gasteiger partial charge in [-0.25, -0.2) is 9.37 Å². The van der Waals surface area contributed by atoms with Crippen LogP contribution in [0.2, 0.25) is 0 Å². The maximum atomic E-state index is 13.2. The lowest BCUT2D eigenvalue weighted by atomic mass is 10.4. The number of fused-ring (bicyclic) bond motifs is 1. The number of rotatable bonds is 2. The first-order valence-corrected chi connectivity index (χ1v) is 4.43. The Kier molecular flexibility index (Phi) is 2.21. The molecule has 0 fully saturated rings. The van der Waals surface area contributed by atoms with Crippen LogP contribution in [0.25, 0.3) is 5.65 Å². The van der Waals surface area contributed by atoms with E-state index in [1.54, 1.807) is 16.7 Å². The molecule has 2 heterocycles. The van der Waals surface area contributed by atoms with Crippen molar-refractivity contribution in [2.45, 2.75) is 6.54 Å². The van der Waals surface area contributed by atoms with Crippen molar-refractivity contribution in [3.63, 3.8) is 0 Å². The van der Waals surface area contributed by atoms with Crippen LogP contribution in [0.4, 0.5) is 4.39 Å². The zero-order chi connectivity index (χ0) is 10.1. The number of halogens is 1. The van der Waals surface area contributed by atoms with Crippen LogP contribution in [-0.2, 0) is 6.54 Å². The van der Waals surface area contributed by atoms with E-state index in [4.69, 9.17) is 0 Å². The van der Waals surface area contributed by atoms with Gasteiger partial charge in [-0.3, -0.25) is 0 Å². The summed E-state index contributed by atoms with van der Waals surface area (Å²) in [5, 5.41) is 0. The molecule has 2 rings (SSSR count). The normalized spacial score (nSPS) is 11.4. The van der Waals surface area contributed by atoms with E-state index >= 15 is 0 Å². The molecule has 0 N–H and O–H groups in total. The van der Waals surface area contributed by atoms with E-state index in [-0.39, 0.29) is 5.82 Å². The van der Waals surface area contributed by atoms with Gasteiger partial charge in [0.25, 0.3) is 0 Å². The average Bonchev–Trinajstić information content (AvgIpc) is 2.49. The minimum Gasteiger partial charge on any atom is -0.304 e. The monoisotopic (exact) mass is 193 g/mol. The summed E-state index contributed by atoms with van der Waals surface area (Å²) in [6, 6.07) is 3.10. The van der Waals surface area contributed by atoms with Crippen LogP contribution >= 0.6 is 0 Å². The predicted octanol–water partition coefficient (Wildman–Crippen LogP) is 1.53. The Bertz CT molecular complexity index is 448. The van der Waals surface area contributed by atoms with Gasteiger partial charge in [0.1, 0.15) is 0 Å². The molecule has 2 aromatic heterocycles. The van der Waals surface area contributed by atoms with Crippen LogP contribution in [0, 0.1) is 5.82 Å². The lowest BCUT2D eigenvalue weighted by molar-refractivity contribution is 0.395. The Balaban J connectivity index is 2.52. The van der Waals surface area contributed by atoms with Gasteiger partial charge in [-0.05, 0) is 26.2 Å². The van der Waals surface area contributed by atoms with Crippen LogP contribution in [0.15, 0.2) is 24.5 Å². The second-order valence-corrected chi connectivity index (χ2v) is 3.54. The fourth-order valence-corrected chi connectivity index (χ4v) is 1.47. The van der Waals surface area contributed by atoms with Gasteiger partial charge in [0.2, 0.25) is 0 Å². The van der Waals surface area contributed by atoms with Crippen LogP contribution in [0.1, 0.15) is 5.69 Å². The van der Waals surface area contributed by atoms with Gasteiger partial charge in [-0.2, -0.15) is 0 Å². The van der Waals surface area contributed by atoms with Gasteiger partial charge >= 0.3 is 0 Å². The van der Waals surface area contributed by atoms with E-state index in [0.717, 1.165) is 12.2 Å². The summed E-state index contributed by atoms with van der Waals surface area (Å²) in [6.45, 7) is 0.755. The molecule has 2 aromatic rings. The Hall–Kier alpha value is -1.42. The third-order valence-corrected chi connectivity index (χ3v) is 2.04. The summed E-state index contributed by atoms with van der Waals surface area (Å²) in [6.07, 6.45) is 3.53. The Morgan fingerprint density at radius 3 is 3.00 bits per heavy atom. The largest absolute Gasteiger partial charge is 0.304 e. The zero-order valence-corrected chi connectivity index (χ0v) is 8.24. The van der Waals surface area contributed by atoms with Crippen molar-refractivity contribution in [1.29, 1.82) is 0 Å². The van der Waals surface area contributed by atoms with E-state index < -0.39 is 0 Å². The number of pyridine rings is 1. The molecule has 0 spiro atoms. The van der Waals surface area contributed by atoms with E-state index in [0.29, 0.717) is 5.65 Å². The molecular weight excluding hydrogens is 181 g/mol. The number of hydrogen-bond acceptors (Lipinski definition) is 2. The standard InChI is InChI=1S/C10H12FN3/c1-13(2)7-8-6-12-10-9(11)4-3-5-14(8)10/h3-6H,7H2,1-2H3. The first kappa shape index (κ1) is 9.15. The van der Waals surface area contributed by atoms with Crippen LogP contribution in [0.3, 0.4) is 0 Å². The third kappa shape index (κ3) is 1.48. The van der Waals surface area contributed by atoms with Crippen LogP contribution in [0.5, 0.6) is 0 Å². The van der Waals surface area contributed by atoms with Crippen molar-refractivity contribution < 1.29 is 4.39 Å². The van der Waals surface area contributed by atoms with Crippen LogP contribution in [-0.4, -0.2) is 28.4 Å². The molecular formula is C10H12FN3. The highest BCUT2D eigenvalue weighted by molar-refractivity contribution is 5.41. The summed E-state index contributed by atoms with van der Waals surface area (Å²) in [5.41, 5.74) is 1.38. The highest BCUT2D eigenvalue weighted by atomic mass is 19.1. The van der Waals surface area contributed by atoms with Gasteiger partial charge in [-0.15, -0.1) is 0 Å². The molecule has 14 heavy (non-hydrogen) atoms. The Morgan fingerprint density at radius 2 is 2.29 bits per heavy atom. The summed E-state index contributed by atoms with van der Waals surface area (Å²) in [7, 11) is 3.94. The van der Waals surface area contributed by atoms with Crippen molar-refractivity contribution in [1.82, 2.24) is 14.3 Å². The van der Waals surface area contributed by atoms with Gasteiger partial charge in [0.15, 0.2) is 11.5 Å². The minimum absolute atomic E-state index is 0.280. The minimum atomic E-state index is -0.280. The van der Waals surface area contributed by atoms with Crippen molar-refractivity contribution in [3.05, 3.63) is 36.0 Å². The smallest absolute Gasteiger partial charge is 0.173 e. The van der Waals surface area contributed by atoms with Gasteiger partial charge in [-0.1, -0.05) is 0 Å². The molecule has 0 aromatic carbocycles. The Morgan fingerprint density at radius 1 is 1.50 bits per heavy atom. The lowest BCUT2D eigenvalue weighted by Gasteiger charge is -2.08. The number of nitrogens with zero attached hydrogens (tertiary/aromatic N) is 3. The van der Waals surface area contributed by atoms with E-state index in [2.05, 4.69) is 4.98 Å². The van der Waals surface area contributed by atoms with Gasteiger partial charge in [0, 0.05) is 12.7 Å². The first-order valence-electron chi connectivity index (χ1n) is 4.43. The number of hydrogen-bond donors (Lipinski definition) is 0. The molecule has 0 bridgehead atoms. The molecule has 0 aliphatic carbocycles. The van der Waals surface area contributed by atoms with E-state index in [1.807, 2.05) is 25.2 Å². The van der Waals surface area contributed by atoms with E-state index in [9.17, 15) is 4.39 Å². The maximum absolute atomic E-state index is 13.2. The fraction of sp³-hybridized carbons (Fsp3) is 0.300. The molecule has 0 saturated heterocycles. The molecule has 0 radical (unpaired) electrons. The highest BCUT2D eigenvalue weighted by Crippen LogP contribution is 2.11. The molecule has 74 valence electrons. The SMILES string of the molecule is CN(C)Cc1cnc2c(F)cccn12. The second-order valence-electron chi connectivity index (χ2n) is 3.54. The van der Waals surface area contributed by atoms with Crippen molar-refractivity contribution in [3.8, 4) is 0 Å². The lowest BCUT2D eigenvalue weighted by Crippen LogP contribution is -2.12. The topological polar surface area (TPSA) is 20.5 Å². The molecule has 0 amide bonds. The number of aromatic nitrogens is 2. The molecule has 0 unspecified atom stereocenters. The van der Waals surface area contributed by atoms with Gasteiger partial charge in [0.05, 0.1) is 11.9 Å². The molecule has 3 nitrogen and oxygen atoms in total. The summed E-state index contributed by atoms with van der Waals surface area (Å²) in [4.78, 5) is 6.05. The molecule has 4 heteroatoms. The maximum Gasteiger partial charge on any atom is 0.173 e. The second kappa shape index (κ2) is 3.38. The van der Waals surface area contributed by atoms with E-state index in [1.165, 1.54) is 6.07 Å². The van der Waals surface area contributed by atoms with Crippen molar-refractivity contribution in [2.24, 2.45) is 0 Å². The molecule has 0 aliphatic heterocycles. The first-order chi connectivity index (χ1) is 6.68.